The maximum atomic E-state index is 11.7. The van der Waals surface area contributed by atoms with Crippen molar-refractivity contribution in [2.45, 2.75) is 6.92 Å². The molecule has 0 aliphatic rings. The molecule has 0 aliphatic heterocycles. The van der Waals surface area contributed by atoms with Crippen molar-refractivity contribution in [3.63, 3.8) is 0 Å². The fourth-order valence-electron chi connectivity index (χ4n) is 1.08. The first-order valence-electron chi connectivity index (χ1n) is 5.27. The highest BCUT2D eigenvalue weighted by Crippen LogP contribution is 2.16. The molecule has 1 heterocycles. The number of thiazole rings is 1. The van der Waals surface area contributed by atoms with Crippen LogP contribution in [0.2, 0.25) is 0 Å². The molecule has 7 nitrogen and oxygen atoms in total. The summed E-state index contributed by atoms with van der Waals surface area (Å²) in [6.45, 7) is 1.90. The topological polar surface area (TPSA) is 89.9 Å². The van der Waals surface area contributed by atoms with Crippen molar-refractivity contribution in [3.8, 4) is 0 Å². The lowest BCUT2D eigenvalue weighted by atomic mass is 10.3. The maximum Gasteiger partial charge on any atom is 0.362 e. The van der Waals surface area contributed by atoms with Gasteiger partial charge in [0.05, 0.1) is 12.4 Å². The Balaban J connectivity index is 2.90. The van der Waals surface area contributed by atoms with Gasteiger partial charge in [-0.3, -0.25) is 4.79 Å². The zero-order chi connectivity index (χ0) is 14.3. The highest BCUT2D eigenvalue weighted by atomic mass is 32.1. The van der Waals surface area contributed by atoms with Crippen LogP contribution in [0, 0.1) is 0 Å². The maximum absolute atomic E-state index is 11.7. The van der Waals surface area contributed by atoms with E-state index >= 15 is 0 Å². The minimum atomic E-state index is -0.637. The molecule has 0 aliphatic carbocycles. The number of esters is 1. The molecule has 0 unspecified atom stereocenters. The first-order chi connectivity index (χ1) is 9.12. The molecular weight excluding hydrogens is 290 g/mol. The Bertz CT molecular complexity index is 487. The van der Waals surface area contributed by atoms with Crippen molar-refractivity contribution in [2.24, 2.45) is 5.16 Å². The van der Waals surface area contributed by atoms with E-state index in [9.17, 15) is 9.59 Å². The largest absolute Gasteiger partial charge is 0.461 e. The molecule has 1 amide bonds. The second kappa shape index (κ2) is 7.74. The van der Waals surface area contributed by atoms with Gasteiger partial charge in [-0.25, -0.2) is 9.78 Å². The van der Waals surface area contributed by atoms with Gasteiger partial charge in [0.1, 0.15) is 12.8 Å². The van der Waals surface area contributed by atoms with Crippen LogP contribution in [0.4, 0.5) is 5.13 Å². The normalized spacial score (nSPS) is 11.0. The predicted molar refractivity (Wildman–Crippen MR) is 74.8 cm³/mol. The summed E-state index contributed by atoms with van der Waals surface area (Å²) < 4.78 is 4.84. The number of carbonyl (C=O) groups is 2. The van der Waals surface area contributed by atoms with Gasteiger partial charge in [0.2, 0.25) is 11.6 Å². The molecule has 104 valence electrons. The lowest BCUT2D eigenvalue weighted by Gasteiger charge is -2.02. The minimum absolute atomic E-state index is 0.0474. The molecular formula is C10H13N3O4S2. The second-order valence-corrected chi connectivity index (χ2v) is 4.26. The number of rotatable bonds is 6. The molecule has 1 N–H and O–H groups in total. The average Bonchev–Trinajstić information content (AvgIpc) is 2.84. The van der Waals surface area contributed by atoms with Gasteiger partial charge in [0.25, 0.3) is 0 Å². The van der Waals surface area contributed by atoms with Gasteiger partial charge in [0, 0.05) is 5.38 Å². The molecule has 1 rings (SSSR count). The lowest BCUT2D eigenvalue weighted by molar-refractivity contribution is -0.135. The fraction of sp³-hybridized carbons (Fsp3) is 0.400. The summed E-state index contributed by atoms with van der Waals surface area (Å²) in [4.78, 5) is 31.5. The van der Waals surface area contributed by atoms with E-state index in [1.54, 1.807) is 12.3 Å². The molecule has 0 fully saturated rings. The van der Waals surface area contributed by atoms with Gasteiger partial charge in [-0.15, -0.1) is 11.3 Å². The first kappa shape index (κ1) is 15.4. The van der Waals surface area contributed by atoms with Gasteiger partial charge in [-0.2, -0.15) is 12.6 Å². The Kier molecular flexibility index (Phi) is 6.30. The Morgan fingerprint density at radius 3 is 2.89 bits per heavy atom. The fourth-order valence-corrected chi connectivity index (χ4v) is 1.87. The van der Waals surface area contributed by atoms with Gasteiger partial charge >= 0.3 is 5.97 Å². The minimum Gasteiger partial charge on any atom is -0.461 e. The third-order valence-corrected chi connectivity index (χ3v) is 2.83. The van der Waals surface area contributed by atoms with Gasteiger partial charge in [-0.05, 0) is 6.92 Å². The highest BCUT2D eigenvalue weighted by molar-refractivity contribution is 7.81. The van der Waals surface area contributed by atoms with E-state index in [1.807, 2.05) is 0 Å². The molecule has 9 heteroatoms. The van der Waals surface area contributed by atoms with E-state index in [0.717, 1.165) is 11.3 Å². The first-order valence-corrected chi connectivity index (χ1v) is 6.78. The number of thiol groups is 1. The van der Waals surface area contributed by atoms with Crippen LogP contribution in [0.3, 0.4) is 0 Å². The van der Waals surface area contributed by atoms with Crippen LogP contribution in [0.15, 0.2) is 10.5 Å². The molecule has 1 aromatic rings. The summed E-state index contributed by atoms with van der Waals surface area (Å²) in [5, 5.41) is 8.03. The number of hydrogen-bond donors (Lipinski definition) is 2. The number of carbonyl (C=O) groups excluding carboxylic acids is 2. The predicted octanol–water partition coefficient (Wildman–Crippen LogP) is 0.925. The van der Waals surface area contributed by atoms with Gasteiger partial charge in [0.15, 0.2) is 5.13 Å². The van der Waals surface area contributed by atoms with Crippen molar-refractivity contribution in [2.75, 3.05) is 24.8 Å². The second-order valence-electron chi connectivity index (χ2n) is 3.09. The SMILES string of the molecule is CCOC(=O)/C(=N/OC)c1csc(NC(=O)CS)n1. The summed E-state index contributed by atoms with van der Waals surface area (Å²) in [6.07, 6.45) is 0. The monoisotopic (exact) mass is 303 g/mol. The van der Waals surface area contributed by atoms with Crippen LogP contribution in [-0.2, 0) is 19.2 Å². The number of anilines is 1. The van der Waals surface area contributed by atoms with Gasteiger partial charge < -0.3 is 14.9 Å². The van der Waals surface area contributed by atoms with Crippen molar-refractivity contribution in [1.29, 1.82) is 0 Å². The van der Waals surface area contributed by atoms with Crippen LogP contribution in [0.1, 0.15) is 12.6 Å². The van der Waals surface area contributed by atoms with Crippen LogP contribution in [0.25, 0.3) is 0 Å². The summed E-state index contributed by atoms with van der Waals surface area (Å²) >= 11 is 5.00. The number of oxime groups is 1. The number of nitrogens with one attached hydrogen (secondary N) is 1. The smallest absolute Gasteiger partial charge is 0.362 e. The van der Waals surface area contributed by atoms with E-state index in [-0.39, 0.29) is 29.7 Å². The summed E-state index contributed by atoms with van der Waals surface area (Å²) in [6, 6.07) is 0. The Morgan fingerprint density at radius 2 is 2.32 bits per heavy atom. The molecule has 0 saturated carbocycles. The summed E-state index contributed by atoms with van der Waals surface area (Å²) in [5.41, 5.74) is 0.228. The van der Waals surface area contributed by atoms with Crippen LogP contribution in [-0.4, -0.2) is 42.0 Å². The van der Waals surface area contributed by atoms with Crippen molar-refractivity contribution in [3.05, 3.63) is 11.1 Å². The van der Waals surface area contributed by atoms with Crippen LogP contribution < -0.4 is 5.32 Å². The van der Waals surface area contributed by atoms with E-state index in [2.05, 4.69) is 32.9 Å². The number of hydrogen-bond acceptors (Lipinski definition) is 8. The molecule has 0 aromatic carbocycles. The molecule has 0 radical (unpaired) electrons. The van der Waals surface area contributed by atoms with Gasteiger partial charge in [-0.1, -0.05) is 5.16 Å². The molecule has 0 atom stereocenters. The molecule has 19 heavy (non-hydrogen) atoms. The number of ether oxygens (including phenoxy) is 1. The summed E-state index contributed by atoms with van der Waals surface area (Å²) in [5.74, 6) is -0.876. The van der Waals surface area contributed by atoms with Crippen molar-refractivity contribution >= 4 is 46.7 Å². The van der Waals surface area contributed by atoms with Crippen LogP contribution in [0.5, 0.6) is 0 Å². The molecule has 1 aromatic heterocycles. The molecule has 0 spiro atoms. The van der Waals surface area contributed by atoms with E-state index in [0.29, 0.717) is 5.13 Å². The lowest BCUT2D eigenvalue weighted by Crippen LogP contribution is -2.20. The number of nitrogens with zero attached hydrogens (tertiary/aromatic N) is 2. The Labute approximate surface area is 119 Å². The quantitative estimate of drug-likeness (QED) is 0.353. The van der Waals surface area contributed by atoms with E-state index in [1.165, 1.54) is 7.11 Å². The van der Waals surface area contributed by atoms with E-state index < -0.39 is 5.97 Å². The van der Waals surface area contributed by atoms with E-state index in [4.69, 9.17) is 4.74 Å². The third-order valence-electron chi connectivity index (χ3n) is 1.79. The molecule has 0 bridgehead atoms. The Hall–Kier alpha value is -1.61. The molecule has 0 saturated heterocycles. The standard InChI is InChI=1S/C10H13N3O4S2/c1-3-17-9(15)8(13-16-2)6-5-19-10(11-6)12-7(14)4-18/h5,18H,3-4H2,1-2H3,(H,11,12,14)/b13-8+. The average molecular weight is 303 g/mol. The zero-order valence-electron chi connectivity index (χ0n) is 10.4. The number of aromatic nitrogens is 1. The van der Waals surface area contributed by atoms with Crippen molar-refractivity contribution in [1.82, 2.24) is 4.98 Å². The summed E-state index contributed by atoms with van der Waals surface area (Å²) in [7, 11) is 1.31. The van der Waals surface area contributed by atoms with Crippen LogP contribution >= 0.6 is 24.0 Å². The zero-order valence-corrected chi connectivity index (χ0v) is 12.1. The third kappa shape index (κ3) is 4.52. The van der Waals surface area contributed by atoms with Crippen molar-refractivity contribution < 1.29 is 19.2 Å². The Morgan fingerprint density at radius 1 is 1.58 bits per heavy atom. The highest BCUT2D eigenvalue weighted by Gasteiger charge is 2.20. The number of amides is 1.